The molecule has 19 heavy (non-hydrogen) atoms. The number of rotatable bonds is 2. The van der Waals surface area contributed by atoms with E-state index < -0.39 is 0 Å². The number of likely N-dealkylation sites (tertiary alicyclic amines) is 3. The van der Waals surface area contributed by atoms with Crippen molar-refractivity contribution in [3.63, 3.8) is 0 Å². The number of hydrogen-bond acceptors (Lipinski definition) is 3. The molecule has 0 amide bonds. The maximum Gasteiger partial charge on any atom is 0.0350 e. The van der Waals surface area contributed by atoms with E-state index in [0.717, 1.165) is 23.4 Å². The lowest BCUT2D eigenvalue weighted by Gasteiger charge is -2.57. The maximum atomic E-state index is 2.78. The molecular weight excluding hydrogens is 234 g/mol. The van der Waals surface area contributed by atoms with E-state index in [4.69, 9.17) is 0 Å². The molecule has 3 saturated heterocycles. The van der Waals surface area contributed by atoms with E-state index in [2.05, 4.69) is 28.7 Å². The van der Waals surface area contributed by atoms with Crippen LogP contribution >= 0.6 is 0 Å². The minimum Gasteiger partial charge on any atom is -0.305 e. The standard InChI is InChI=1S/C16H29N3/c1-13-7-18(8-13)15-9-19(10-15)14-3-5-16(6-4-14)11-17(2)12-16/h13-15H,3-12H2,1-2H3. The summed E-state index contributed by atoms with van der Waals surface area (Å²) in [6.45, 7) is 10.6. The quantitative estimate of drug-likeness (QED) is 0.747. The molecule has 1 saturated carbocycles. The summed E-state index contributed by atoms with van der Waals surface area (Å²) in [5.41, 5.74) is 0.739. The zero-order valence-corrected chi connectivity index (χ0v) is 12.6. The van der Waals surface area contributed by atoms with Crippen molar-refractivity contribution in [2.45, 2.75) is 44.7 Å². The Kier molecular flexibility index (Phi) is 2.95. The second-order valence-electron chi connectivity index (χ2n) is 8.07. The Bertz CT molecular complexity index is 328. The molecule has 1 aliphatic carbocycles. The monoisotopic (exact) mass is 263 g/mol. The van der Waals surface area contributed by atoms with E-state index in [9.17, 15) is 0 Å². The van der Waals surface area contributed by atoms with Crippen molar-refractivity contribution in [3.05, 3.63) is 0 Å². The maximum absolute atomic E-state index is 2.78. The zero-order chi connectivity index (χ0) is 13.0. The van der Waals surface area contributed by atoms with Crippen LogP contribution in [-0.4, -0.2) is 73.1 Å². The third kappa shape index (κ3) is 2.14. The fourth-order valence-electron chi connectivity index (χ4n) is 5.06. The Morgan fingerprint density at radius 3 is 1.95 bits per heavy atom. The van der Waals surface area contributed by atoms with Gasteiger partial charge in [-0.25, -0.2) is 0 Å². The zero-order valence-electron chi connectivity index (χ0n) is 12.6. The molecule has 4 aliphatic rings. The molecule has 3 heterocycles. The van der Waals surface area contributed by atoms with Crippen molar-refractivity contribution in [3.8, 4) is 0 Å². The topological polar surface area (TPSA) is 9.72 Å². The van der Waals surface area contributed by atoms with Gasteiger partial charge in [-0.1, -0.05) is 6.92 Å². The number of nitrogens with zero attached hydrogens (tertiary/aromatic N) is 3. The van der Waals surface area contributed by atoms with Crippen LogP contribution in [0.1, 0.15) is 32.6 Å². The van der Waals surface area contributed by atoms with Gasteiger partial charge in [0.05, 0.1) is 0 Å². The smallest absolute Gasteiger partial charge is 0.0350 e. The first kappa shape index (κ1) is 12.6. The third-order valence-electron chi connectivity index (χ3n) is 6.24. The minimum atomic E-state index is 0.739. The molecule has 0 unspecified atom stereocenters. The van der Waals surface area contributed by atoms with Gasteiger partial charge in [-0.05, 0) is 44.1 Å². The van der Waals surface area contributed by atoms with Gasteiger partial charge in [0.2, 0.25) is 0 Å². The largest absolute Gasteiger partial charge is 0.305 e. The van der Waals surface area contributed by atoms with Gasteiger partial charge in [-0.15, -0.1) is 0 Å². The van der Waals surface area contributed by atoms with Gasteiger partial charge in [0.15, 0.2) is 0 Å². The van der Waals surface area contributed by atoms with Gasteiger partial charge in [0.1, 0.15) is 0 Å². The summed E-state index contributed by atoms with van der Waals surface area (Å²) in [4.78, 5) is 7.97. The fourth-order valence-corrected chi connectivity index (χ4v) is 5.06. The van der Waals surface area contributed by atoms with Crippen molar-refractivity contribution in [1.82, 2.24) is 14.7 Å². The van der Waals surface area contributed by atoms with Crippen molar-refractivity contribution in [2.75, 3.05) is 46.3 Å². The van der Waals surface area contributed by atoms with Crippen LogP contribution < -0.4 is 0 Å². The molecule has 3 nitrogen and oxygen atoms in total. The molecular formula is C16H29N3. The van der Waals surface area contributed by atoms with E-state index in [0.29, 0.717) is 0 Å². The van der Waals surface area contributed by atoms with Gasteiger partial charge < -0.3 is 4.90 Å². The van der Waals surface area contributed by atoms with E-state index in [1.165, 1.54) is 65.0 Å². The summed E-state index contributed by atoms with van der Waals surface area (Å²) in [6, 6.07) is 1.83. The second kappa shape index (κ2) is 4.44. The predicted octanol–water partition coefficient (Wildman–Crippen LogP) is 1.50. The Labute approximate surface area is 117 Å². The number of hydrogen-bond donors (Lipinski definition) is 0. The van der Waals surface area contributed by atoms with Gasteiger partial charge in [-0.3, -0.25) is 9.80 Å². The Morgan fingerprint density at radius 2 is 1.42 bits per heavy atom. The lowest BCUT2D eigenvalue weighted by molar-refractivity contribution is -0.0751. The molecule has 4 rings (SSSR count). The lowest BCUT2D eigenvalue weighted by atomic mass is 9.67. The molecule has 3 aliphatic heterocycles. The molecule has 0 atom stereocenters. The summed E-state index contributed by atoms with van der Waals surface area (Å²) in [7, 11) is 2.27. The SMILES string of the molecule is CC1CN(C2CN(C3CCC4(CC3)CN(C)C4)C2)C1. The van der Waals surface area contributed by atoms with E-state index in [1.54, 1.807) is 0 Å². The van der Waals surface area contributed by atoms with Crippen molar-refractivity contribution in [2.24, 2.45) is 11.3 Å². The minimum absolute atomic E-state index is 0.739. The summed E-state index contributed by atoms with van der Waals surface area (Å²) >= 11 is 0. The first-order valence-corrected chi connectivity index (χ1v) is 8.30. The van der Waals surface area contributed by atoms with Gasteiger partial charge in [-0.2, -0.15) is 0 Å². The molecule has 4 fully saturated rings. The molecule has 0 N–H and O–H groups in total. The molecule has 1 spiro atoms. The molecule has 0 aromatic heterocycles. The van der Waals surface area contributed by atoms with Gasteiger partial charge >= 0.3 is 0 Å². The van der Waals surface area contributed by atoms with Crippen LogP contribution in [0.15, 0.2) is 0 Å². The Morgan fingerprint density at radius 1 is 0.842 bits per heavy atom. The Hall–Kier alpha value is -0.120. The molecule has 0 aromatic carbocycles. The molecule has 3 heteroatoms. The van der Waals surface area contributed by atoms with Crippen LogP contribution in [0.25, 0.3) is 0 Å². The van der Waals surface area contributed by atoms with Crippen LogP contribution in [-0.2, 0) is 0 Å². The van der Waals surface area contributed by atoms with Crippen LogP contribution in [0, 0.1) is 11.3 Å². The van der Waals surface area contributed by atoms with Crippen molar-refractivity contribution < 1.29 is 0 Å². The predicted molar refractivity (Wildman–Crippen MR) is 78.3 cm³/mol. The summed E-state index contributed by atoms with van der Waals surface area (Å²) in [5.74, 6) is 0.958. The van der Waals surface area contributed by atoms with Crippen LogP contribution in [0.2, 0.25) is 0 Å². The van der Waals surface area contributed by atoms with Crippen molar-refractivity contribution >= 4 is 0 Å². The first-order chi connectivity index (χ1) is 9.13. The highest BCUT2D eigenvalue weighted by atomic mass is 15.3. The Balaban J connectivity index is 1.21. The van der Waals surface area contributed by atoms with Gasteiger partial charge in [0, 0.05) is 51.4 Å². The molecule has 108 valence electrons. The normalized spacial score (nSPS) is 35.1. The van der Waals surface area contributed by atoms with E-state index >= 15 is 0 Å². The van der Waals surface area contributed by atoms with E-state index in [1.807, 2.05) is 0 Å². The van der Waals surface area contributed by atoms with Crippen LogP contribution in [0.4, 0.5) is 0 Å². The first-order valence-electron chi connectivity index (χ1n) is 8.30. The summed E-state index contributed by atoms with van der Waals surface area (Å²) < 4.78 is 0. The van der Waals surface area contributed by atoms with Crippen LogP contribution in [0.5, 0.6) is 0 Å². The average molecular weight is 263 g/mol. The van der Waals surface area contributed by atoms with Crippen molar-refractivity contribution in [1.29, 1.82) is 0 Å². The third-order valence-corrected chi connectivity index (χ3v) is 6.24. The highest BCUT2D eigenvalue weighted by Crippen LogP contribution is 2.44. The lowest BCUT2D eigenvalue weighted by Crippen LogP contribution is -2.67. The van der Waals surface area contributed by atoms with Gasteiger partial charge in [0.25, 0.3) is 0 Å². The highest BCUT2D eigenvalue weighted by Gasteiger charge is 2.46. The highest BCUT2D eigenvalue weighted by molar-refractivity contribution is 5.01. The van der Waals surface area contributed by atoms with Crippen LogP contribution in [0.3, 0.4) is 0 Å². The van der Waals surface area contributed by atoms with E-state index in [-0.39, 0.29) is 0 Å². The molecule has 0 radical (unpaired) electrons. The second-order valence-corrected chi connectivity index (χ2v) is 8.07. The molecule has 0 aromatic rings. The summed E-state index contributed by atoms with van der Waals surface area (Å²) in [5, 5.41) is 0. The molecule has 0 bridgehead atoms. The fraction of sp³-hybridized carbons (Fsp3) is 1.00. The average Bonchev–Trinajstić information content (AvgIpc) is 2.25. The summed E-state index contributed by atoms with van der Waals surface area (Å²) in [6.07, 6.45) is 5.92.